The molecule has 2 rings (SSSR count). The topological polar surface area (TPSA) is 30.5 Å². The Hall–Kier alpha value is -2.07. The lowest BCUT2D eigenvalue weighted by Crippen LogP contribution is -2.17. The number of hydrogen-bond donors (Lipinski definition) is 1. The van der Waals surface area contributed by atoms with Crippen molar-refractivity contribution in [2.45, 2.75) is 13.0 Å². The summed E-state index contributed by atoms with van der Waals surface area (Å²) in [7, 11) is 3.24. The van der Waals surface area contributed by atoms with Crippen LogP contribution in [-0.4, -0.2) is 20.8 Å². The van der Waals surface area contributed by atoms with E-state index in [9.17, 15) is 4.39 Å². The standard InChI is InChI=1S/C17H20FNO2/c1-20-16-8-7-13(11-17(16)21-2)9-10-19-12-14-5-3-4-6-15(14)18/h3-8,11,19H,9-10,12H2,1-2H3. The van der Waals surface area contributed by atoms with Crippen molar-refractivity contribution in [3.63, 3.8) is 0 Å². The second kappa shape index (κ2) is 7.64. The van der Waals surface area contributed by atoms with Gasteiger partial charge in [-0.15, -0.1) is 0 Å². The molecule has 0 aliphatic carbocycles. The summed E-state index contributed by atoms with van der Waals surface area (Å²) >= 11 is 0. The molecule has 4 heteroatoms. The van der Waals surface area contributed by atoms with E-state index in [0.29, 0.717) is 12.1 Å². The fraction of sp³-hybridized carbons (Fsp3) is 0.294. The molecule has 21 heavy (non-hydrogen) atoms. The van der Waals surface area contributed by atoms with Crippen LogP contribution in [0.2, 0.25) is 0 Å². The number of methoxy groups -OCH3 is 2. The Morgan fingerprint density at radius 2 is 1.76 bits per heavy atom. The molecule has 2 aromatic rings. The van der Waals surface area contributed by atoms with Crippen LogP contribution in [0.1, 0.15) is 11.1 Å². The number of benzene rings is 2. The smallest absolute Gasteiger partial charge is 0.160 e. The van der Waals surface area contributed by atoms with Gasteiger partial charge in [0.15, 0.2) is 11.5 Å². The zero-order chi connectivity index (χ0) is 15.1. The summed E-state index contributed by atoms with van der Waals surface area (Å²) in [6.45, 7) is 1.30. The number of halogens is 1. The summed E-state index contributed by atoms with van der Waals surface area (Å²) in [5.41, 5.74) is 1.83. The van der Waals surface area contributed by atoms with Gasteiger partial charge in [-0.2, -0.15) is 0 Å². The van der Waals surface area contributed by atoms with Gasteiger partial charge in [-0.25, -0.2) is 4.39 Å². The molecule has 0 fully saturated rings. The normalized spacial score (nSPS) is 10.4. The van der Waals surface area contributed by atoms with E-state index in [1.54, 1.807) is 26.4 Å². The van der Waals surface area contributed by atoms with Gasteiger partial charge in [0.05, 0.1) is 14.2 Å². The minimum Gasteiger partial charge on any atom is -0.493 e. The van der Waals surface area contributed by atoms with Crippen molar-refractivity contribution in [1.29, 1.82) is 0 Å². The third-order valence-electron chi connectivity index (χ3n) is 3.31. The Bertz CT molecular complexity index is 587. The molecule has 1 N–H and O–H groups in total. The summed E-state index contributed by atoms with van der Waals surface area (Å²) < 4.78 is 23.9. The van der Waals surface area contributed by atoms with Gasteiger partial charge < -0.3 is 14.8 Å². The van der Waals surface area contributed by atoms with Crippen LogP contribution in [0.4, 0.5) is 4.39 Å². The molecule has 0 bridgehead atoms. The average Bonchev–Trinajstić information content (AvgIpc) is 2.52. The fourth-order valence-electron chi connectivity index (χ4n) is 2.13. The molecule has 0 unspecified atom stereocenters. The summed E-state index contributed by atoms with van der Waals surface area (Å²) in [6, 6.07) is 12.7. The van der Waals surface area contributed by atoms with Gasteiger partial charge in [-0.3, -0.25) is 0 Å². The lowest BCUT2D eigenvalue weighted by molar-refractivity contribution is 0.354. The van der Waals surface area contributed by atoms with Crippen molar-refractivity contribution >= 4 is 0 Å². The van der Waals surface area contributed by atoms with Crippen LogP contribution in [0.5, 0.6) is 11.5 Å². The first-order chi connectivity index (χ1) is 10.2. The molecule has 112 valence electrons. The highest BCUT2D eigenvalue weighted by molar-refractivity contribution is 5.42. The van der Waals surface area contributed by atoms with E-state index in [1.807, 2.05) is 24.3 Å². The summed E-state index contributed by atoms with van der Waals surface area (Å²) in [5, 5.41) is 3.25. The van der Waals surface area contributed by atoms with Gasteiger partial charge >= 0.3 is 0 Å². The Balaban J connectivity index is 1.85. The van der Waals surface area contributed by atoms with Crippen LogP contribution >= 0.6 is 0 Å². The second-order valence-electron chi connectivity index (χ2n) is 4.71. The highest BCUT2D eigenvalue weighted by atomic mass is 19.1. The molecule has 0 saturated carbocycles. The summed E-state index contributed by atoms with van der Waals surface area (Å²) in [6.07, 6.45) is 0.842. The predicted molar refractivity (Wildman–Crippen MR) is 81.4 cm³/mol. The van der Waals surface area contributed by atoms with Gasteiger partial charge in [0.1, 0.15) is 5.82 Å². The fourth-order valence-corrected chi connectivity index (χ4v) is 2.13. The molecule has 0 radical (unpaired) electrons. The minimum absolute atomic E-state index is 0.170. The maximum Gasteiger partial charge on any atom is 0.160 e. The molecule has 0 spiro atoms. The van der Waals surface area contributed by atoms with E-state index in [1.165, 1.54) is 6.07 Å². The molecule has 0 atom stereocenters. The molecule has 0 saturated heterocycles. The molecular formula is C17H20FNO2. The highest BCUT2D eigenvalue weighted by Crippen LogP contribution is 2.27. The lowest BCUT2D eigenvalue weighted by Gasteiger charge is -2.10. The van der Waals surface area contributed by atoms with Crippen LogP contribution in [0, 0.1) is 5.82 Å². The number of ether oxygens (including phenoxy) is 2. The van der Waals surface area contributed by atoms with Crippen LogP contribution in [-0.2, 0) is 13.0 Å². The predicted octanol–water partition coefficient (Wildman–Crippen LogP) is 3.18. The van der Waals surface area contributed by atoms with Crippen LogP contribution in [0.3, 0.4) is 0 Å². The summed E-state index contributed by atoms with van der Waals surface area (Å²) in [4.78, 5) is 0. The maximum absolute atomic E-state index is 13.5. The van der Waals surface area contributed by atoms with Gasteiger partial charge in [-0.1, -0.05) is 24.3 Å². The first kappa shape index (κ1) is 15.3. The molecule has 0 aliphatic rings. The Morgan fingerprint density at radius 1 is 1.00 bits per heavy atom. The SMILES string of the molecule is COc1ccc(CCNCc2ccccc2F)cc1OC. The maximum atomic E-state index is 13.5. The number of rotatable bonds is 7. The average molecular weight is 289 g/mol. The Kier molecular flexibility index (Phi) is 5.58. The van der Waals surface area contributed by atoms with Gasteiger partial charge in [0.25, 0.3) is 0 Å². The van der Waals surface area contributed by atoms with Crippen LogP contribution in [0.25, 0.3) is 0 Å². The molecule has 2 aromatic carbocycles. The minimum atomic E-state index is -0.170. The van der Waals surface area contributed by atoms with Crippen molar-refractivity contribution in [3.8, 4) is 11.5 Å². The first-order valence-electron chi connectivity index (χ1n) is 6.89. The molecule has 0 aromatic heterocycles. The van der Waals surface area contributed by atoms with Crippen LogP contribution < -0.4 is 14.8 Å². The highest BCUT2D eigenvalue weighted by Gasteiger charge is 2.04. The summed E-state index contributed by atoms with van der Waals surface area (Å²) in [5.74, 6) is 1.28. The molecule has 3 nitrogen and oxygen atoms in total. The van der Waals surface area contributed by atoms with E-state index < -0.39 is 0 Å². The number of nitrogens with one attached hydrogen (secondary N) is 1. The van der Waals surface area contributed by atoms with Crippen molar-refractivity contribution in [1.82, 2.24) is 5.32 Å². The Labute approximate surface area is 124 Å². The largest absolute Gasteiger partial charge is 0.493 e. The van der Waals surface area contributed by atoms with Crippen molar-refractivity contribution in [3.05, 3.63) is 59.4 Å². The van der Waals surface area contributed by atoms with E-state index in [2.05, 4.69) is 5.32 Å². The number of hydrogen-bond acceptors (Lipinski definition) is 3. The zero-order valence-electron chi connectivity index (χ0n) is 12.4. The van der Waals surface area contributed by atoms with Crippen molar-refractivity contribution < 1.29 is 13.9 Å². The Morgan fingerprint density at radius 3 is 2.48 bits per heavy atom. The molecular weight excluding hydrogens is 269 g/mol. The van der Waals surface area contributed by atoms with Crippen LogP contribution in [0.15, 0.2) is 42.5 Å². The zero-order valence-corrected chi connectivity index (χ0v) is 12.4. The quantitative estimate of drug-likeness (QED) is 0.794. The van der Waals surface area contributed by atoms with Crippen molar-refractivity contribution in [2.24, 2.45) is 0 Å². The third kappa shape index (κ3) is 4.20. The van der Waals surface area contributed by atoms with Gasteiger partial charge in [-0.05, 0) is 36.7 Å². The van der Waals surface area contributed by atoms with E-state index in [4.69, 9.17) is 9.47 Å². The van der Waals surface area contributed by atoms with E-state index >= 15 is 0 Å². The van der Waals surface area contributed by atoms with E-state index in [-0.39, 0.29) is 5.82 Å². The van der Waals surface area contributed by atoms with Gasteiger partial charge in [0.2, 0.25) is 0 Å². The molecule has 0 aliphatic heterocycles. The first-order valence-corrected chi connectivity index (χ1v) is 6.89. The third-order valence-corrected chi connectivity index (χ3v) is 3.31. The molecule has 0 amide bonds. The molecule has 0 heterocycles. The van der Waals surface area contributed by atoms with E-state index in [0.717, 1.165) is 30.0 Å². The second-order valence-corrected chi connectivity index (χ2v) is 4.71. The lowest BCUT2D eigenvalue weighted by atomic mass is 10.1. The monoisotopic (exact) mass is 289 g/mol. The van der Waals surface area contributed by atoms with Gasteiger partial charge in [0, 0.05) is 12.1 Å². The van der Waals surface area contributed by atoms with Crippen molar-refractivity contribution in [2.75, 3.05) is 20.8 Å².